The van der Waals surface area contributed by atoms with Crippen molar-refractivity contribution in [2.45, 2.75) is 51.5 Å². The van der Waals surface area contributed by atoms with E-state index in [4.69, 9.17) is 5.73 Å². The van der Waals surface area contributed by atoms with Crippen molar-refractivity contribution >= 4 is 5.91 Å². The maximum absolute atomic E-state index is 12.3. The molecule has 1 aromatic rings. The third kappa shape index (κ3) is 4.35. The molecule has 0 aromatic heterocycles. The molecular formula is C16H26N2O. The Morgan fingerprint density at radius 1 is 1.21 bits per heavy atom. The maximum atomic E-state index is 12.3. The van der Waals surface area contributed by atoms with Crippen LogP contribution in [0.5, 0.6) is 0 Å². The number of hydrogen-bond donors (Lipinski definition) is 2. The number of amides is 1. The lowest BCUT2D eigenvalue weighted by atomic mass is 9.92. The maximum Gasteiger partial charge on any atom is 0.227 e. The van der Waals surface area contributed by atoms with Crippen molar-refractivity contribution in [2.75, 3.05) is 6.54 Å². The van der Waals surface area contributed by atoms with Gasteiger partial charge in [0.25, 0.3) is 0 Å². The van der Waals surface area contributed by atoms with E-state index in [1.165, 1.54) is 0 Å². The Hall–Kier alpha value is -1.35. The van der Waals surface area contributed by atoms with E-state index in [1.807, 2.05) is 37.3 Å². The molecule has 19 heavy (non-hydrogen) atoms. The fourth-order valence-corrected chi connectivity index (χ4v) is 2.14. The molecule has 3 nitrogen and oxygen atoms in total. The first-order valence-electron chi connectivity index (χ1n) is 7.17. The van der Waals surface area contributed by atoms with Gasteiger partial charge >= 0.3 is 0 Å². The zero-order valence-corrected chi connectivity index (χ0v) is 12.3. The summed E-state index contributed by atoms with van der Waals surface area (Å²) in [6.45, 7) is 6.70. The molecule has 1 rings (SSSR count). The van der Waals surface area contributed by atoms with Gasteiger partial charge in [-0.2, -0.15) is 0 Å². The summed E-state index contributed by atoms with van der Waals surface area (Å²) in [7, 11) is 0. The average molecular weight is 262 g/mol. The Morgan fingerprint density at radius 2 is 1.79 bits per heavy atom. The minimum absolute atomic E-state index is 0.0745. The van der Waals surface area contributed by atoms with Crippen LogP contribution >= 0.6 is 0 Å². The zero-order chi connectivity index (χ0) is 14.3. The lowest BCUT2D eigenvalue weighted by Gasteiger charge is -2.28. The second-order valence-corrected chi connectivity index (χ2v) is 5.16. The van der Waals surface area contributed by atoms with Crippen LogP contribution in [0, 0.1) is 0 Å². The van der Waals surface area contributed by atoms with Gasteiger partial charge in [-0.05, 0) is 24.8 Å². The van der Waals surface area contributed by atoms with Crippen LogP contribution < -0.4 is 11.1 Å². The molecule has 0 saturated heterocycles. The molecule has 1 aromatic carbocycles. The molecule has 0 heterocycles. The highest BCUT2D eigenvalue weighted by Crippen LogP contribution is 2.19. The van der Waals surface area contributed by atoms with Crippen molar-refractivity contribution < 1.29 is 4.79 Å². The van der Waals surface area contributed by atoms with Gasteiger partial charge in [-0.15, -0.1) is 0 Å². The summed E-state index contributed by atoms with van der Waals surface area (Å²) in [5, 5.41) is 3.01. The molecule has 1 unspecified atom stereocenters. The average Bonchev–Trinajstić information content (AvgIpc) is 2.46. The van der Waals surface area contributed by atoms with Gasteiger partial charge in [0.15, 0.2) is 0 Å². The summed E-state index contributed by atoms with van der Waals surface area (Å²) in [5.74, 6) is -0.00964. The Bertz CT molecular complexity index is 385. The van der Waals surface area contributed by atoms with E-state index >= 15 is 0 Å². The summed E-state index contributed by atoms with van der Waals surface area (Å²) in [6, 6.07) is 9.91. The van der Waals surface area contributed by atoms with E-state index in [9.17, 15) is 4.79 Å². The first-order valence-corrected chi connectivity index (χ1v) is 7.17. The van der Waals surface area contributed by atoms with Crippen molar-refractivity contribution in [3.8, 4) is 0 Å². The van der Waals surface area contributed by atoms with Crippen molar-refractivity contribution in [2.24, 2.45) is 5.73 Å². The summed E-state index contributed by atoms with van der Waals surface area (Å²) < 4.78 is 0. The number of carbonyl (C=O) groups excluding carboxylic acids is 1. The molecule has 0 aliphatic carbocycles. The van der Waals surface area contributed by atoms with Gasteiger partial charge in [-0.3, -0.25) is 4.79 Å². The SMILES string of the molecule is CCC(C(=O)NCC(N)(CC)CC)c1ccccc1. The van der Waals surface area contributed by atoms with Crippen LogP contribution in [-0.4, -0.2) is 18.0 Å². The molecule has 106 valence electrons. The molecule has 3 heteroatoms. The standard InChI is InChI=1S/C16H26N2O/c1-4-14(13-10-8-7-9-11-13)15(19)18-12-16(17,5-2)6-3/h7-11,14H,4-6,12,17H2,1-3H3,(H,18,19). The number of nitrogens with two attached hydrogens (primary N) is 1. The molecule has 3 N–H and O–H groups in total. The smallest absolute Gasteiger partial charge is 0.227 e. The highest BCUT2D eigenvalue weighted by molar-refractivity contribution is 5.83. The number of nitrogens with one attached hydrogen (secondary N) is 1. The molecular weight excluding hydrogens is 236 g/mol. The topological polar surface area (TPSA) is 55.1 Å². The first-order chi connectivity index (χ1) is 9.06. The van der Waals surface area contributed by atoms with E-state index < -0.39 is 0 Å². The third-order valence-electron chi connectivity index (χ3n) is 3.95. The first kappa shape index (κ1) is 15.7. The Labute approximate surface area is 116 Å². The molecule has 1 atom stereocenters. The van der Waals surface area contributed by atoms with Crippen LogP contribution in [0.1, 0.15) is 51.5 Å². The van der Waals surface area contributed by atoms with Crippen LogP contribution in [0.4, 0.5) is 0 Å². The second-order valence-electron chi connectivity index (χ2n) is 5.16. The summed E-state index contributed by atoms with van der Waals surface area (Å²) >= 11 is 0. The van der Waals surface area contributed by atoms with E-state index in [2.05, 4.69) is 19.2 Å². The molecule has 0 bridgehead atoms. The van der Waals surface area contributed by atoms with E-state index in [0.29, 0.717) is 6.54 Å². The minimum Gasteiger partial charge on any atom is -0.354 e. The molecule has 0 saturated carbocycles. The van der Waals surface area contributed by atoms with E-state index in [0.717, 1.165) is 24.8 Å². The van der Waals surface area contributed by atoms with Crippen molar-refractivity contribution in [3.05, 3.63) is 35.9 Å². The Morgan fingerprint density at radius 3 is 2.26 bits per heavy atom. The van der Waals surface area contributed by atoms with Crippen LogP contribution in [-0.2, 0) is 4.79 Å². The Balaban J connectivity index is 2.66. The van der Waals surface area contributed by atoms with Crippen LogP contribution in [0.3, 0.4) is 0 Å². The van der Waals surface area contributed by atoms with Crippen molar-refractivity contribution in [1.82, 2.24) is 5.32 Å². The van der Waals surface area contributed by atoms with Crippen LogP contribution in [0.2, 0.25) is 0 Å². The van der Waals surface area contributed by atoms with Gasteiger partial charge in [0.1, 0.15) is 0 Å². The number of hydrogen-bond acceptors (Lipinski definition) is 2. The molecule has 0 radical (unpaired) electrons. The minimum atomic E-state index is -0.287. The summed E-state index contributed by atoms with van der Waals surface area (Å²) in [5.41, 5.74) is 6.99. The van der Waals surface area contributed by atoms with Crippen molar-refractivity contribution in [3.63, 3.8) is 0 Å². The molecule has 0 aliphatic rings. The van der Waals surface area contributed by atoms with Gasteiger partial charge < -0.3 is 11.1 Å². The second kappa shape index (κ2) is 7.29. The highest BCUT2D eigenvalue weighted by Gasteiger charge is 2.24. The van der Waals surface area contributed by atoms with Crippen LogP contribution in [0.25, 0.3) is 0 Å². The highest BCUT2D eigenvalue weighted by atomic mass is 16.1. The Kier molecular flexibility index (Phi) is 6.03. The van der Waals surface area contributed by atoms with Gasteiger partial charge in [-0.25, -0.2) is 0 Å². The van der Waals surface area contributed by atoms with Gasteiger partial charge in [0, 0.05) is 12.1 Å². The fourth-order valence-electron chi connectivity index (χ4n) is 2.14. The molecule has 0 fully saturated rings. The van der Waals surface area contributed by atoms with E-state index in [1.54, 1.807) is 0 Å². The van der Waals surface area contributed by atoms with Crippen molar-refractivity contribution in [1.29, 1.82) is 0 Å². The lowest BCUT2D eigenvalue weighted by molar-refractivity contribution is -0.122. The molecule has 0 aliphatic heterocycles. The lowest BCUT2D eigenvalue weighted by Crippen LogP contribution is -2.50. The third-order valence-corrected chi connectivity index (χ3v) is 3.95. The number of carbonyl (C=O) groups is 1. The quantitative estimate of drug-likeness (QED) is 0.794. The van der Waals surface area contributed by atoms with Crippen LogP contribution in [0.15, 0.2) is 30.3 Å². The van der Waals surface area contributed by atoms with Gasteiger partial charge in [0.2, 0.25) is 5.91 Å². The van der Waals surface area contributed by atoms with Gasteiger partial charge in [0.05, 0.1) is 5.92 Å². The number of benzene rings is 1. The monoisotopic (exact) mass is 262 g/mol. The summed E-state index contributed by atoms with van der Waals surface area (Å²) in [4.78, 5) is 12.3. The van der Waals surface area contributed by atoms with Gasteiger partial charge in [-0.1, -0.05) is 51.1 Å². The number of rotatable bonds is 7. The predicted molar refractivity (Wildman–Crippen MR) is 80.0 cm³/mol. The van der Waals surface area contributed by atoms with E-state index in [-0.39, 0.29) is 17.4 Å². The molecule has 1 amide bonds. The molecule has 0 spiro atoms. The fraction of sp³-hybridized carbons (Fsp3) is 0.562. The summed E-state index contributed by atoms with van der Waals surface area (Å²) in [6.07, 6.45) is 2.53. The normalized spacial score (nSPS) is 13.1. The zero-order valence-electron chi connectivity index (χ0n) is 12.3. The largest absolute Gasteiger partial charge is 0.354 e. The predicted octanol–water partition coefficient (Wildman–Crippen LogP) is 2.81.